The van der Waals surface area contributed by atoms with Gasteiger partial charge in [0.1, 0.15) is 0 Å². The third kappa shape index (κ3) is 2.88. The molecule has 0 aromatic heterocycles. The second-order valence-electron chi connectivity index (χ2n) is 6.80. The summed E-state index contributed by atoms with van der Waals surface area (Å²) in [4.78, 5) is 9.73. The van der Waals surface area contributed by atoms with Gasteiger partial charge in [0.2, 0.25) is 0 Å². The number of nitrogens with zero attached hydrogens (tertiary/aromatic N) is 3. The van der Waals surface area contributed by atoms with E-state index in [2.05, 4.69) is 63.4 Å². The quantitative estimate of drug-likeness (QED) is 0.809. The van der Waals surface area contributed by atoms with Gasteiger partial charge in [-0.05, 0) is 0 Å². The van der Waals surface area contributed by atoms with E-state index < -0.39 is 0 Å². The van der Waals surface area contributed by atoms with Crippen LogP contribution in [0.4, 0.5) is 0 Å². The molecule has 3 heterocycles. The minimum atomic E-state index is 0.331. The summed E-state index contributed by atoms with van der Waals surface area (Å²) in [6, 6.07) is 11.8. The van der Waals surface area contributed by atoms with Gasteiger partial charge < -0.3 is 0 Å². The normalized spacial score (nSPS) is 32.0. The predicted molar refractivity (Wildman–Crippen MR) is 97.1 cm³/mol. The first-order valence-electron chi connectivity index (χ1n) is 8.54. The van der Waals surface area contributed by atoms with Gasteiger partial charge in [0.15, 0.2) is 0 Å². The van der Waals surface area contributed by atoms with E-state index in [4.69, 9.17) is 0 Å². The Morgan fingerprint density at radius 1 is 1.26 bits per heavy atom. The molecule has 0 bridgehead atoms. The van der Waals surface area contributed by atoms with Crippen LogP contribution < -0.4 is 5.32 Å². The van der Waals surface area contributed by atoms with Gasteiger partial charge in [-0.3, -0.25) is 0 Å². The summed E-state index contributed by atoms with van der Waals surface area (Å²) in [5.74, 6) is 0.821. The predicted octanol–water partition coefficient (Wildman–Crippen LogP) is 1.19. The zero-order valence-electron chi connectivity index (χ0n) is 13.6. The molecule has 122 valence electrons. The fourth-order valence-corrected chi connectivity index (χ4v) is 5.18. The molecule has 3 aliphatic heterocycles. The summed E-state index contributed by atoms with van der Waals surface area (Å²) < 4.78 is 1.17. The number of fused-ring (bicyclic) bond motifs is 1. The van der Waals surface area contributed by atoms with Crippen molar-refractivity contribution < 1.29 is 0 Å². The fraction of sp³-hybridized carbons (Fsp3) is 0.500. The van der Waals surface area contributed by atoms with Crippen LogP contribution in [-0.2, 0) is 0 Å². The van der Waals surface area contributed by atoms with Crippen LogP contribution in [0.25, 0.3) is 0 Å². The molecule has 1 N–H and O–H groups in total. The van der Waals surface area contributed by atoms with Crippen molar-refractivity contribution in [2.75, 3.05) is 19.6 Å². The molecule has 1 aromatic carbocycles. The molecule has 2 saturated heterocycles. The van der Waals surface area contributed by atoms with Crippen LogP contribution in [0.2, 0.25) is 0 Å². The Morgan fingerprint density at radius 3 is 2.87 bits per heavy atom. The number of hydrogen-bond donors (Lipinski definition) is 1. The molecule has 0 radical (unpaired) electrons. The topological polar surface area (TPSA) is 30.9 Å². The van der Waals surface area contributed by atoms with Gasteiger partial charge in [0.25, 0.3) is 0 Å². The summed E-state index contributed by atoms with van der Waals surface area (Å²) in [6.07, 6.45) is 5.92. The monoisotopic (exact) mass is 372 g/mol. The van der Waals surface area contributed by atoms with Crippen LogP contribution in [0.5, 0.6) is 0 Å². The van der Waals surface area contributed by atoms with Gasteiger partial charge in [0, 0.05) is 0 Å². The number of benzene rings is 1. The Bertz CT molecular complexity index is 603. The van der Waals surface area contributed by atoms with E-state index in [1.54, 1.807) is 16.9 Å². The first-order valence-corrected chi connectivity index (χ1v) is 9.76. The number of likely N-dealkylation sites (tertiary alicyclic amines) is 1. The Hall–Kier alpha value is -1.09. The van der Waals surface area contributed by atoms with Crippen LogP contribution in [0, 0.1) is 5.92 Å². The standard InChI is InChI=1S/C18H25AsN4/c1-13(14-5-3-2-4-6-14)23-17(8-10-21-18(23)19)22-11-15-7-9-20-16(15)12-22/h2-6,8,10,13,15-17,20H,7,9,11-12,19H2,1H3/t13-,15-,16+,17?/m1/s1. The molecule has 5 atom stereocenters. The summed E-state index contributed by atoms with van der Waals surface area (Å²) in [5, 5.41) is 3.66. The third-order valence-electron chi connectivity index (χ3n) is 5.48. The van der Waals surface area contributed by atoms with Crippen LogP contribution in [-0.4, -0.2) is 63.1 Å². The van der Waals surface area contributed by atoms with E-state index in [1.165, 1.54) is 29.7 Å². The molecule has 0 saturated carbocycles. The van der Waals surface area contributed by atoms with Crippen molar-refractivity contribution in [3.05, 3.63) is 48.2 Å². The second kappa shape index (κ2) is 6.43. The molecule has 23 heavy (non-hydrogen) atoms. The number of amidine groups is 1. The van der Waals surface area contributed by atoms with Gasteiger partial charge in [-0.25, -0.2) is 0 Å². The van der Waals surface area contributed by atoms with E-state index in [9.17, 15) is 0 Å². The van der Waals surface area contributed by atoms with Crippen LogP contribution >= 0.6 is 0 Å². The molecule has 0 amide bonds. The van der Waals surface area contributed by atoms with Crippen molar-refractivity contribution in [2.45, 2.75) is 31.6 Å². The van der Waals surface area contributed by atoms with Crippen LogP contribution in [0.15, 0.2) is 47.6 Å². The summed E-state index contributed by atoms with van der Waals surface area (Å²) in [5.41, 5.74) is 1.36. The fourth-order valence-electron chi connectivity index (χ4n) is 4.21. The van der Waals surface area contributed by atoms with Crippen molar-refractivity contribution >= 4 is 21.5 Å². The zero-order valence-corrected chi connectivity index (χ0v) is 16.0. The third-order valence-corrected chi connectivity index (χ3v) is 6.42. The van der Waals surface area contributed by atoms with E-state index in [-0.39, 0.29) is 0 Å². The van der Waals surface area contributed by atoms with Crippen molar-refractivity contribution in [1.29, 1.82) is 0 Å². The van der Waals surface area contributed by atoms with Crippen molar-refractivity contribution in [1.82, 2.24) is 15.1 Å². The average Bonchev–Trinajstić information content (AvgIpc) is 3.16. The van der Waals surface area contributed by atoms with E-state index in [1.807, 2.05) is 6.20 Å². The molecule has 1 aromatic rings. The van der Waals surface area contributed by atoms with Gasteiger partial charge >= 0.3 is 147 Å². The zero-order chi connectivity index (χ0) is 15.8. The van der Waals surface area contributed by atoms with Crippen molar-refractivity contribution in [3.63, 3.8) is 0 Å². The van der Waals surface area contributed by atoms with Gasteiger partial charge in [-0.1, -0.05) is 0 Å². The molecular formula is C18H25AsN4. The maximum atomic E-state index is 4.60. The summed E-state index contributed by atoms with van der Waals surface area (Å²) >= 11 is 1.61. The maximum absolute atomic E-state index is 4.60. The van der Waals surface area contributed by atoms with Gasteiger partial charge in [-0.2, -0.15) is 0 Å². The summed E-state index contributed by atoms with van der Waals surface area (Å²) in [6.45, 7) is 5.84. The van der Waals surface area contributed by atoms with E-state index in [0.29, 0.717) is 18.2 Å². The van der Waals surface area contributed by atoms with Crippen molar-refractivity contribution in [2.24, 2.45) is 10.9 Å². The number of rotatable bonds is 3. The molecule has 2 unspecified atom stereocenters. The Balaban J connectivity index is 1.58. The Kier molecular flexibility index (Phi) is 4.31. The van der Waals surface area contributed by atoms with Gasteiger partial charge in [0.05, 0.1) is 0 Å². The molecular weight excluding hydrogens is 347 g/mol. The second-order valence-corrected chi connectivity index (χ2v) is 7.88. The molecule has 4 rings (SSSR count). The van der Waals surface area contributed by atoms with Crippen LogP contribution in [0.1, 0.15) is 24.9 Å². The molecule has 2 fully saturated rings. The molecule has 0 spiro atoms. The summed E-state index contributed by atoms with van der Waals surface area (Å²) in [7, 11) is 0. The first-order chi connectivity index (χ1) is 11.2. The molecule has 5 heteroatoms. The van der Waals surface area contributed by atoms with E-state index in [0.717, 1.165) is 12.5 Å². The molecule has 3 aliphatic rings. The average molecular weight is 372 g/mol. The minimum absolute atomic E-state index is 0.331. The number of nitrogens with one attached hydrogen (secondary N) is 1. The Labute approximate surface area is 147 Å². The Morgan fingerprint density at radius 2 is 2.09 bits per heavy atom. The first kappa shape index (κ1) is 15.4. The van der Waals surface area contributed by atoms with Crippen LogP contribution in [0.3, 0.4) is 0 Å². The van der Waals surface area contributed by atoms with E-state index >= 15 is 0 Å². The number of hydrogen-bond acceptors (Lipinski definition) is 4. The number of aliphatic imine (C=N–C) groups is 1. The van der Waals surface area contributed by atoms with Crippen molar-refractivity contribution in [3.8, 4) is 0 Å². The molecule has 0 aliphatic carbocycles. The SMILES string of the molecule is C[C@H](c1ccccc1)N1C([AsH2])=NC=CC1N1C[C@H]2CCN[C@H]2C1. The van der Waals surface area contributed by atoms with Gasteiger partial charge in [-0.15, -0.1) is 0 Å². The molecule has 4 nitrogen and oxygen atoms in total.